The Morgan fingerprint density at radius 1 is 1.28 bits per heavy atom. The highest BCUT2D eigenvalue weighted by molar-refractivity contribution is 9.10. The van der Waals surface area contributed by atoms with Crippen LogP contribution >= 0.6 is 15.9 Å². The molecule has 128 valence electrons. The van der Waals surface area contributed by atoms with E-state index in [1.54, 1.807) is 18.2 Å². The van der Waals surface area contributed by atoms with Gasteiger partial charge in [-0.3, -0.25) is 4.79 Å². The second kappa shape index (κ2) is 9.45. The van der Waals surface area contributed by atoms with E-state index in [0.29, 0.717) is 17.1 Å². The lowest BCUT2D eigenvalue weighted by Crippen LogP contribution is -2.24. The number of halogens is 2. The highest BCUT2D eigenvalue weighted by Crippen LogP contribution is 2.21. The first-order valence-corrected chi connectivity index (χ1v) is 7.94. The van der Waals surface area contributed by atoms with Crippen LogP contribution in [0.2, 0.25) is 0 Å². The summed E-state index contributed by atoms with van der Waals surface area (Å²) in [6, 6.07) is 10.7. The summed E-state index contributed by atoms with van der Waals surface area (Å²) in [4.78, 5) is 11.7. The Labute approximate surface area is 153 Å². The van der Waals surface area contributed by atoms with E-state index in [2.05, 4.69) is 32.4 Å². The third kappa shape index (κ3) is 6.28. The molecular weight excluding hydrogens is 391 g/mol. The average molecular weight is 405 g/mol. The summed E-state index contributed by atoms with van der Waals surface area (Å²) in [6.07, 6.45) is 6.61. The van der Waals surface area contributed by atoms with E-state index in [1.807, 2.05) is 0 Å². The van der Waals surface area contributed by atoms with E-state index >= 15 is 0 Å². The van der Waals surface area contributed by atoms with Crippen LogP contribution < -0.4 is 14.9 Å². The highest BCUT2D eigenvalue weighted by Gasteiger charge is 2.04. The summed E-state index contributed by atoms with van der Waals surface area (Å²) in [5, 5.41) is 3.86. The Morgan fingerprint density at radius 3 is 2.76 bits per heavy atom. The molecule has 2 aromatic carbocycles. The summed E-state index contributed by atoms with van der Waals surface area (Å²) < 4.78 is 24.2. The van der Waals surface area contributed by atoms with Gasteiger partial charge in [0.05, 0.1) is 6.21 Å². The van der Waals surface area contributed by atoms with E-state index in [4.69, 9.17) is 15.9 Å². The first-order chi connectivity index (χ1) is 12.1. The molecule has 0 aliphatic heterocycles. The van der Waals surface area contributed by atoms with Gasteiger partial charge in [0.1, 0.15) is 23.9 Å². The maximum atomic E-state index is 12.8. The van der Waals surface area contributed by atoms with E-state index in [0.717, 1.165) is 4.47 Å². The van der Waals surface area contributed by atoms with Crippen molar-refractivity contribution in [1.29, 1.82) is 0 Å². The number of rotatable bonds is 7. The lowest BCUT2D eigenvalue weighted by Gasteiger charge is -2.07. The molecule has 0 aliphatic rings. The van der Waals surface area contributed by atoms with Crippen LogP contribution in [-0.4, -0.2) is 25.3 Å². The molecule has 0 aromatic heterocycles. The number of amides is 1. The molecule has 1 amide bonds. The molecule has 25 heavy (non-hydrogen) atoms. The fourth-order valence-electron chi connectivity index (χ4n) is 1.76. The van der Waals surface area contributed by atoms with Gasteiger partial charge in [0, 0.05) is 10.0 Å². The Kier molecular flexibility index (Phi) is 6.99. The molecule has 0 radical (unpaired) electrons. The van der Waals surface area contributed by atoms with Crippen LogP contribution in [0.15, 0.2) is 52.0 Å². The van der Waals surface area contributed by atoms with Crippen LogP contribution in [0.3, 0.4) is 0 Å². The van der Waals surface area contributed by atoms with Gasteiger partial charge >= 0.3 is 0 Å². The minimum absolute atomic E-state index is 0.125. The predicted octanol–water partition coefficient (Wildman–Crippen LogP) is 3.13. The van der Waals surface area contributed by atoms with E-state index in [9.17, 15) is 9.18 Å². The zero-order valence-electron chi connectivity index (χ0n) is 13.0. The number of nitrogens with one attached hydrogen (secondary N) is 1. The average Bonchev–Trinajstić information content (AvgIpc) is 2.60. The maximum Gasteiger partial charge on any atom is 0.277 e. The van der Waals surface area contributed by atoms with Crippen molar-refractivity contribution in [2.24, 2.45) is 5.10 Å². The highest BCUT2D eigenvalue weighted by atomic mass is 79.9. The van der Waals surface area contributed by atoms with Crippen molar-refractivity contribution in [1.82, 2.24) is 5.43 Å². The lowest BCUT2D eigenvalue weighted by molar-refractivity contribution is -0.123. The topological polar surface area (TPSA) is 59.9 Å². The maximum absolute atomic E-state index is 12.8. The number of hydrazone groups is 1. The standard InChI is InChI=1S/C18H14BrFN2O3/c1-2-9-24-17-8-3-14(19)10-13(17)11-21-22-18(23)12-25-16-6-4-15(20)5-7-16/h1,3-8,10-11H,9,12H2,(H,22,23)/b21-11+. The first kappa shape index (κ1) is 18.5. The lowest BCUT2D eigenvalue weighted by atomic mass is 10.2. The molecule has 5 nitrogen and oxygen atoms in total. The molecule has 0 fully saturated rings. The molecule has 2 rings (SSSR count). The van der Waals surface area contributed by atoms with Gasteiger partial charge in [-0.05, 0) is 42.5 Å². The van der Waals surface area contributed by atoms with Crippen LogP contribution in [0.5, 0.6) is 11.5 Å². The van der Waals surface area contributed by atoms with Crippen LogP contribution in [0.25, 0.3) is 0 Å². The number of benzene rings is 2. The smallest absolute Gasteiger partial charge is 0.277 e. The van der Waals surface area contributed by atoms with E-state index in [1.165, 1.54) is 30.5 Å². The zero-order chi connectivity index (χ0) is 18.1. The fraction of sp³-hybridized carbons (Fsp3) is 0.111. The van der Waals surface area contributed by atoms with Gasteiger partial charge in [0.25, 0.3) is 5.91 Å². The van der Waals surface area contributed by atoms with Gasteiger partial charge in [-0.2, -0.15) is 5.10 Å². The van der Waals surface area contributed by atoms with Gasteiger partial charge in [-0.1, -0.05) is 21.9 Å². The molecule has 0 unspecified atom stereocenters. The van der Waals surface area contributed by atoms with Crippen LogP contribution in [0.4, 0.5) is 4.39 Å². The normalized spacial score (nSPS) is 10.3. The molecule has 0 spiro atoms. The Hall–Kier alpha value is -2.85. The molecule has 0 saturated carbocycles. The van der Waals surface area contributed by atoms with Crippen molar-refractivity contribution < 1.29 is 18.7 Å². The summed E-state index contributed by atoms with van der Waals surface area (Å²) in [5.41, 5.74) is 2.98. The second-order valence-corrected chi connectivity index (χ2v) is 5.63. The van der Waals surface area contributed by atoms with Crippen molar-refractivity contribution >= 4 is 28.1 Å². The van der Waals surface area contributed by atoms with E-state index < -0.39 is 5.91 Å². The minimum atomic E-state index is -0.457. The summed E-state index contributed by atoms with van der Waals surface area (Å²) in [6.45, 7) is -0.123. The summed E-state index contributed by atoms with van der Waals surface area (Å²) in [7, 11) is 0. The molecule has 0 heterocycles. The number of terminal acetylenes is 1. The molecule has 0 aliphatic carbocycles. The van der Waals surface area contributed by atoms with Crippen LogP contribution in [0, 0.1) is 18.2 Å². The summed E-state index contributed by atoms with van der Waals surface area (Å²) in [5.74, 6) is 2.48. The van der Waals surface area contributed by atoms with Crippen molar-refractivity contribution in [2.75, 3.05) is 13.2 Å². The van der Waals surface area contributed by atoms with Crippen molar-refractivity contribution in [3.8, 4) is 23.8 Å². The second-order valence-electron chi connectivity index (χ2n) is 4.71. The van der Waals surface area contributed by atoms with Gasteiger partial charge in [0.2, 0.25) is 0 Å². The molecule has 7 heteroatoms. The SMILES string of the molecule is C#CCOc1ccc(Br)cc1/C=N/NC(=O)COc1ccc(F)cc1. The van der Waals surface area contributed by atoms with Crippen molar-refractivity contribution in [3.05, 3.63) is 58.3 Å². The number of nitrogens with zero attached hydrogens (tertiary/aromatic N) is 1. The number of carbonyl (C=O) groups is 1. The molecule has 0 saturated heterocycles. The zero-order valence-corrected chi connectivity index (χ0v) is 14.6. The third-order valence-electron chi connectivity index (χ3n) is 2.86. The van der Waals surface area contributed by atoms with Gasteiger partial charge in [0.15, 0.2) is 6.61 Å². The molecular formula is C18H14BrFN2O3. The number of hydrogen-bond donors (Lipinski definition) is 1. The third-order valence-corrected chi connectivity index (χ3v) is 3.35. The van der Waals surface area contributed by atoms with Gasteiger partial charge < -0.3 is 9.47 Å². The Bertz CT molecular complexity index is 801. The Balaban J connectivity index is 1.89. The van der Waals surface area contributed by atoms with Gasteiger partial charge in [-0.15, -0.1) is 6.42 Å². The predicted molar refractivity (Wildman–Crippen MR) is 96.1 cm³/mol. The number of ether oxygens (including phenoxy) is 2. The van der Waals surface area contributed by atoms with Crippen molar-refractivity contribution in [3.63, 3.8) is 0 Å². The van der Waals surface area contributed by atoms with Gasteiger partial charge in [-0.25, -0.2) is 9.82 Å². The largest absolute Gasteiger partial charge is 0.484 e. The molecule has 0 atom stereocenters. The van der Waals surface area contributed by atoms with E-state index in [-0.39, 0.29) is 19.0 Å². The number of hydrogen-bond acceptors (Lipinski definition) is 4. The molecule has 1 N–H and O–H groups in total. The monoisotopic (exact) mass is 404 g/mol. The minimum Gasteiger partial charge on any atom is -0.484 e. The van der Waals surface area contributed by atoms with Crippen molar-refractivity contribution in [2.45, 2.75) is 0 Å². The summed E-state index contributed by atoms with van der Waals surface area (Å²) >= 11 is 3.35. The molecule has 2 aromatic rings. The van der Waals surface area contributed by atoms with Crippen LogP contribution in [-0.2, 0) is 4.79 Å². The fourth-order valence-corrected chi connectivity index (χ4v) is 2.14. The molecule has 0 bridgehead atoms. The van der Waals surface area contributed by atoms with Crippen LogP contribution in [0.1, 0.15) is 5.56 Å². The number of carbonyl (C=O) groups excluding carboxylic acids is 1. The first-order valence-electron chi connectivity index (χ1n) is 7.14. The quantitative estimate of drug-likeness (QED) is 0.438. The Morgan fingerprint density at radius 2 is 2.04 bits per heavy atom.